The van der Waals surface area contributed by atoms with Gasteiger partial charge in [0.25, 0.3) is 0 Å². The van der Waals surface area contributed by atoms with E-state index in [4.69, 9.17) is 0 Å². The Hall–Kier alpha value is -1.11. The molecule has 1 heteroatoms. The third-order valence-electron chi connectivity index (χ3n) is 3.70. The van der Waals surface area contributed by atoms with Crippen LogP contribution in [0.3, 0.4) is 0 Å². The molecule has 0 spiro atoms. The summed E-state index contributed by atoms with van der Waals surface area (Å²) in [5.41, 5.74) is 2.96. The van der Waals surface area contributed by atoms with E-state index < -0.39 is 0 Å². The Morgan fingerprint density at radius 2 is 2.00 bits per heavy atom. The molecule has 0 aromatic carbocycles. The van der Waals surface area contributed by atoms with Crippen LogP contribution in [0.25, 0.3) is 0 Å². The zero-order valence-electron chi connectivity index (χ0n) is 10.9. The minimum atomic E-state index is -0.123. The SMILES string of the molecule is C=C[C@@]1(C)CCC(=C(C)C)C(=O)[C@@H]1C(=C)C. The lowest BCUT2D eigenvalue weighted by Gasteiger charge is -2.40. The number of Topliss-reactive ketones (excluding diaryl/α,β-unsaturated/α-hetero) is 1. The van der Waals surface area contributed by atoms with Gasteiger partial charge in [-0.25, -0.2) is 0 Å². The molecule has 0 aromatic heterocycles. The molecule has 1 saturated carbocycles. The fourth-order valence-corrected chi connectivity index (χ4v) is 2.64. The molecular formula is C15H22O. The maximum Gasteiger partial charge on any atom is 0.166 e. The first-order valence-electron chi connectivity index (χ1n) is 5.83. The average molecular weight is 218 g/mol. The first-order chi connectivity index (χ1) is 7.33. The zero-order valence-corrected chi connectivity index (χ0v) is 10.9. The van der Waals surface area contributed by atoms with Gasteiger partial charge in [0.05, 0.1) is 5.92 Å². The van der Waals surface area contributed by atoms with Crippen LogP contribution in [-0.4, -0.2) is 5.78 Å². The smallest absolute Gasteiger partial charge is 0.166 e. The molecule has 1 rings (SSSR count). The molecule has 0 saturated heterocycles. The van der Waals surface area contributed by atoms with Crippen LogP contribution >= 0.6 is 0 Å². The number of allylic oxidation sites excluding steroid dienone is 4. The van der Waals surface area contributed by atoms with Crippen molar-refractivity contribution in [1.29, 1.82) is 0 Å². The van der Waals surface area contributed by atoms with Crippen molar-refractivity contribution in [2.45, 2.75) is 40.5 Å². The van der Waals surface area contributed by atoms with Gasteiger partial charge in [-0.3, -0.25) is 4.79 Å². The number of ketones is 1. The Labute approximate surface area is 98.9 Å². The highest BCUT2D eigenvalue weighted by Gasteiger charge is 2.42. The number of carbonyl (C=O) groups is 1. The van der Waals surface area contributed by atoms with E-state index in [1.54, 1.807) is 0 Å². The van der Waals surface area contributed by atoms with E-state index in [1.165, 1.54) is 0 Å². The summed E-state index contributed by atoms with van der Waals surface area (Å²) in [6.45, 7) is 15.9. The molecule has 16 heavy (non-hydrogen) atoms. The summed E-state index contributed by atoms with van der Waals surface area (Å²) >= 11 is 0. The third-order valence-corrected chi connectivity index (χ3v) is 3.70. The largest absolute Gasteiger partial charge is 0.294 e. The average Bonchev–Trinajstić information content (AvgIpc) is 2.16. The molecule has 1 aliphatic carbocycles. The van der Waals surface area contributed by atoms with Crippen molar-refractivity contribution < 1.29 is 4.79 Å². The number of carbonyl (C=O) groups excluding carboxylic acids is 1. The molecule has 0 aromatic rings. The molecule has 0 N–H and O–H groups in total. The highest BCUT2D eigenvalue weighted by molar-refractivity contribution is 6.00. The molecule has 1 nitrogen and oxygen atoms in total. The molecule has 1 aliphatic rings. The second kappa shape index (κ2) is 4.40. The van der Waals surface area contributed by atoms with E-state index in [0.717, 1.165) is 29.6 Å². The van der Waals surface area contributed by atoms with Gasteiger partial charge < -0.3 is 0 Å². The van der Waals surface area contributed by atoms with Gasteiger partial charge in [0, 0.05) is 0 Å². The van der Waals surface area contributed by atoms with Crippen molar-refractivity contribution in [2.75, 3.05) is 0 Å². The fraction of sp³-hybridized carbons (Fsp3) is 0.533. The van der Waals surface area contributed by atoms with Gasteiger partial charge in [-0.2, -0.15) is 0 Å². The lowest BCUT2D eigenvalue weighted by atomic mass is 9.63. The Kier molecular flexibility index (Phi) is 3.57. The van der Waals surface area contributed by atoms with Gasteiger partial charge in [-0.1, -0.05) is 30.7 Å². The molecule has 0 heterocycles. The van der Waals surface area contributed by atoms with E-state index in [9.17, 15) is 4.79 Å². The lowest BCUT2D eigenvalue weighted by Crippen LogP contribution is -2.38. The van der Waals surface area contributed by atoms with Gasteiger partial charge in [-0.15, -0.1) is 6.58 Å². The second-order valence-electron chi connectivity index (χ2n) is 5.33. The number of rotatable bonds is 2. The lowest BCUT2D eigenvalue weighted by molar-refractivity contribution is -0.122. The summed E-state index contributed by atoms with van der Waals surface area (Å²) < 4.78 is 0. The molecule has 1 fully saturated rings. The molecule has 0 amide bonds. The van der Waals surface area contributed by atoms with Crippen molar-refractivity contribution >= 4 is 5.78 Å². The maximum atomic E-state index is 12.4. The molecule has 0 bridgehead atoms. The predicted octanol–water partition coefficient (Wildman–Crippen LogP) is 4.07. The normalized spacial score (nSPS) is 30.1. The van der Waals surface area contributed by atoms with Crippen LogP contribution < -0.4 is 0 Å². The first-order valence-corrected chi connectivity index (χ1v) is 5.83. The fourth-order valence-electron chi connectivity index (χ4n) is 2.64. The number of hydrogen-bond donors (Lipinski definition) is 0. The Morgan fingerprint density at radius 3 is 2.38 bits per heavy atom. The number of hydrogen-bond acceptors (Lipinski definition) is 1. The summed E-state index contributed by atoms with van der Waals surface area (Å²) in [7, 11) is 0. The van der Waals surface area contributed by atoms with Crippen LogP contribution in [-0.2, 0) is 4.79 Å². The Morgan fingerprint density at radius 1 is 1.44 bits per heavy atom. The van der Waals surface area contributed by atoms with Crippen LogP contribution in [0.15, 0.2) is 36.0 Å². The molecule has 88 valence electrons. The second-order valence-corrected chi connectivity index (χ2v) is 5.33. The summed E-state index contributed by atoms with van der Waals surface area (Å²) in [4.78, 5) is 12.4. The van der Waals surface area contributed by atoms with Crippen LogP contribution in [0, 0.1) is 11.3 Å². The maximum absolute atomic E-state index is 12.4. The standard InChI is InChI=1S/C15H22O/c1-7-15(6)9-8-12(10(2)3)14(16)13(15)11(4)5/h7,13H,1,4,8-9H2,2-3,5-6H3/t13-,15-/m0/s1. The van der Waals surface area contributed by atoms with Gasteiger partial charge in [0.1, 0.15) is 0 Å². The van der Waals surface area contributed by atoms with Crippen LogP contribution in [0.4, 0.5) is 0 Å². The Balaban J connectivity index is 3.22. The van der Waals surface area contributed by atoms with Gasteiger partial charge in [-0.05, 0) is 44.6 Å². The van der Waals surface area contributed by atoms with Crippen LogP contribution in [0.1, 0.15) is 40.5 Å². The van der Waals surface area contributed by atoms with Crippen LogP contribution in [0.5, 0.6) is 0 Å². The van der Waals surface area contributed by atoms with E-state index in [1.807, 2.05) is 26.8 Å². The summed E-state index contributed by atoms with van der Waals surface area (Å²) in [5.74, 6) is 0.157. The summed E-state index contributed by atoms with van der Waals surface area (Å²) in [6.07, 6.45) is 3.78. The van der Waals surface area contributed by atoms with E-state index in [-0.39, 0.29) is 17.1 Å². The van der Waals surface area contributed by atoms with Crippen molar-refractivity contribution in [3.8, 4) is 0 Å². The van der Waals surface area contributed by atoms with Gasteiger partial charge in [0.2, 0.25) is 0 Å². The summed E-state index contributed by atoms with van der Waals surface area (Å²) in [5, 5.41) is 0. The van der Waals surface area contributed by atoms with E-state index >= 15 is 0 Å². The molecule has 2 atom stereocenters. The molecular weight excluding hydrogens is 196 g/mol. The molecule has 0 aliphatic heterocycles. The van der Waals surface area contributed by atoms with Crippen molar-refractivity contribution in [3.05, 3.63) is 36.0 Å². The minimum Gasteiger partial charge on any atom is -0.294 e. The van der Waals surface area contributed by atoms with Crippen molar-refractivity contribution in [2.24, 2.45) is 11.3 Å². The Bertz CT molecular complexity index is 369. The quantitative estimate of drug-likeness (QED) is 0.504. The zero-order chi connectivity index (χ0) is 12.5. The predicted molar refractivity (Wildman–Crippen MR) is 69.2 cm³/mol. The van der Waals surface area contributed by atoms with E-state index in [0.29, 0.717) is 0 Å². The first kappa shape index (κ1) is 13.0. The van der Waals surface area contributed by atoms with E-state index in [2.05, 4.69) is 20.1 Å². The highest BCUT2D eigenvalue weighted by Crippen LogP contribution is 2.45. The third kappa shape index (κ3) is 2.04. The van der Waals surface area contributed by atoms with Gasteiger partial charge in [0.15, 0.2) is 5.78 Å². The molecule has 0 radical (unpaired) electrons. The van der Waals surface area contributed by atoms with Gasteiger partial charge >= 0.3 is 0 Å². The van der Waals surface area contributed by atoms with Crippen molar-refractivity contribution in [1.82, 2.24) is 0 Å². The topological polar surface area (TPSA) is 17.1 Å². The van der Waals surface area contributed by atoms with Crippen molar-refractivity contribution in [3.63, 3.8) is 0 Å². The summed E-state index contributed by atoms with van der Waals surface area (Å²) in [6, 6.07) is 0. The molecule has 0 unspecified atom stereocenters. The minimum absolute atomic E-state index is 0.0938. The highest BCUT2D eigenvalue weighted by atomic mass is 16.1. The van der Waals surface area contributed by atoms with Crippen LogP contribution in [0.2, 0.25) is 0 Å². The monoisotopic (exact) mass is 218 g/mol.